The predicted molar refractivity (Wildman–Crippen MR) is 147 cm³/mol. The van der Waals surface area contributed by atoms with E-state index in [-0.39, 0.29) is 24.2 Å². The summed E-state index contributed by atoms with van der Waals surface area (Å²) in [6.07, 6.45) is 2.58. The molecule has 1 N–H and O–H groups in total. The van der Waals surface area contributed by atoms with E-state index in [0.29, 0.717) is 46.6 Å². The first-order chi connectivity index (χ1) is 16.9. The lowest BCUT2D eigenvalue weighted by Crippen LogP contribution is -2.29. The zero-order chi connectivity index (χ0) is 25.2. The molecule has 3 rings (SSSR count). The molecular formula is C25H29N3O4S3. The minimum absolute atomic E-state index is 0.117. The van der Waals surface area contributed by atoms with Gasteiger partial charge >= 0.3 is 5.97 Å². The third kappa shape index (κ3) is 7.99. The summed E-state index contributed by atoms with van der Waals surface area (Å²) in [5, 5.41) is 4.78. The number of rotatable bonds is 12. The van der Waals surface area contributed by atoms with Gasteiger partial charge in [0.15, 0.2) is 0 Å². The lowest BCUT2D eigenvalue weighted by molar-refractivity contribution is -0.122. The highest BCUT2D eigenvalue weighted by Gasteiger charge is 2.31. The summed E-state index contributed by atoms with van der Waals surface area (Å²) in [5.41, 5.74) is 1.03. The number of carbonyl (C=O) groups is 3. The van der Waals surface area contributed by atoms with Gasteiger partial charge < -0.3 is 15.0 Å². The van der Waals surface area contributed by atoms with Gasteiger partial charge in [-0.1, -0.05) is 43.9 Å². The Hall–Kier alpha value is -2.53. The number of likely N-dealkylation sites (N-methyl/N-ethyl adjacent to an activating group) is 1. The predicted octanol–water partition coefficient (Wildman–Crippen LogP) is 4.87. The van der Waals surface area contributed by atoms with Crippen LogP contribution in [0.4, 0.5) is 5.69 Å². The summed E-state index contributed by atoms with van der Waals surface area (Å²) < 4.78 is 5.84. The van der Waals surface area contributed by atoms with Crippen molar-refractivity contribution < 1.29 is 19.1 Å². The Morgan fingerprint density at radius 3 is 2.57 bits per heavy atom. The standard InChI is InChI=1S/C25H29N3O4S3/c1-3-27(4-2)14-15-32-24(31)18-9-11-19(12-10-18)26-22(29)8-5-13-28-23(30)21(35-25(28)33)17-20-7-6-16-34-20/h6-7,9-12,16-17H,3-5,8,13-15H2,1-2H3,(H,26,29). The van der Waals surface area contributed by atoms with E-state index in [0.717, 1.165) is 18.0 Å². The Morgan fingerprint density at radius 1 is 1.17 bits per heavy atom. The summed E-state index contributed by atoms with van der Waals surface area (Å²) in [6, 6.07) is 10.5. The van der Waals surface area contributed by atoms with Crippen molar-refractivity contribution in [3.63, 3.8) is 0 Å². The summed E-state index contributed by atoms with van der Waals surface area (Å²) in [4.78, 5) is 42.5. The van der Waals surface area contributed by atoms with Crippen molar-refractivity contribution in [1.29, 1.82) is 0 Å². The fourth-order valence-corrected chi connectivity index (χ4v) is 5.43. The quantitative estimate of drug-likeness (QED) is 0.238. The normalized spacial score (nSPS) is 14.7. The first-order valence-corrected chi connectivity index (χ1v) is 13.6. The van der Waals surface area contributed by atoms with Gasteiger partial charge in [0.1, 0.15) is 10.9 Å². The Bertz CT molecular complexity index is 1060. The number of carbonyl (C=O) groups excluding carboxylic acids is 3. The van der Waals surface area contributed by atoms with Gasteiger partial charge in [0.05, 0.1) is 10.5 Å². The van der Waals surface area contributed by atoms with E-state index in [2.05, 4.69) is 24.1 Å². The SMILES string of the molecule is CCN(CC)CCOC(=O)c1ccc(NC(=O)CCCN2C(=O)C(=Cc3cccs3)SC2=S)cc1. The van der Waals surface area contributed by atoms with Crippen molar-refractivity contribution in [3.8, 4) is 0 Å². The second-order valence-electron chi connectivity index (χ2n) is 7.74. The van der Waals surface area contributed by atoms with E-state index in [9.17, 15) is 14.4 Å². The van der Waals surface area contributed by atoms with E-state index in [1.165, 1.54) is 11.8 Å². The lowest BCUT2D eigenvalue weighted by Gasteiger charge is -2.17. The summed E-state index contributed by atoms with van der Waals surface area (Å²) in [6.45, 7) is 7.39. The second-order valence-corrected chi connectivity index (χ2v) is 10.4. The minimum atomic E-state index is -0.383. The third-order valence-corrected chi connectivity index (χ3v) is 7.61. The molecule has 1 aromatic carbocycles. The van der Waals surface area contributed by atoms with Gasteiger partial charge in [-0.05, 0) is 61.3 Å². The van der Waals surface area contributed by atoms with Crippen LogP contribution in [0.1, 0.15) is 41.9 Å². The monoisotopic (exact) mass is 531 g/mol. The fourth-order valence-electron chi connectivity index (χ4n) is 3.40. The molecule has 10 heteroatoms. The van der Waals surface area contributed by atoms with Gasteiger partial charge in [0, 0.05) is 30.1 Å². The molecule has 0 unspecified atom stereocenters. The van der Waals surface area contributed by atoms with E-state index < -0.39 is 0 Å². The molecule has 2 heterocycles. The van der Waals surface area contributed by atoms with Crippen LogP contribution in [-0.2, 0) is 14.3 Å². The van der Waals surface area contributed by atoms with Gasteiger partial charge in [-0.3, -0.25) is 14.5 Å². The average molecular weight is 532 g/mol. The van der Waals surface area contributed by atoms with Crippen LogP contribution in [0.3, 0.4) is 0 Å². The first kappa shape index (κ1) is 27.1. The number of hydrogen-bond acceptors (Lipinski definition) is 8. The molecule has 186 valence electrons. The van der Waals surface area contributed by atoms with Crippen LogP contribution in [0.5, 0.6) is 0 Å². The molecule has 0 aliphatic carbocycles. The molecule has 1 aliphatic rings. The van der Waals surface area contributed by atoms with Crippen molar-refractivity contribution in [2.75, 3.05) is 38.1 Å². The van der Waals surface area contributed by atoms with Crippen molar-refractivity contribution in [2.45, 2.75) is 26.7 Å². The number of amides is 2. The van der Waals surface area contributed by atoms with Crippen LogP contribution in [-0.4, -0.2) is 64.7 Å². The molecular weight excluding hydrogens is 502 g/mol. The van der Waals surface area contributed by atoms with E-state index in [1.807, 2.05) is 23.6 Å². The average Bonchev–Trinajstić information content (AvgIpc) is 3.46. The Balaban J connectivity index is 1.41. The Labute approximate surface area is 219 Å². The lowest BCUT2D eigenvalue weighted by atomic mass is 10.2. The summed E-state index contributed by atoms with van der Waals surface area (Å²) >= 11 is 8.20. The number of anilines is 1. The van der Waals surface area contributed by atoms with Gasteiger partial charge in [-0.2, -0.15) is 0 Å². The highest BCUT2D eigenvalue weighted by atomic mass is 32.2. The maximum Gasteiger partial charge on any atom is 0.338 e. The van der Waals surface area contributed by atoms with Gasteiger partial charge in [0.25, 0.3) is 5.91 Å². The van der Waals surface area contributed by atoms with Gasteiger partial charge in [-0.25, -0.2) is 4.79 Å². The topological polar surface area (TPSA) is 79.0 Å². The van der Waals surface area contributed by atoms with Crippen LogP contribution >= 0.6 is 35.3 Å². The maximum absolute atomic E-state index is 12.6. The summed E-state index contributed by atoms with van der Waals surface area (Å²) in [7, 11) is 0. The van der Waals surface area contributed by atoms with Crippen molar-refractivity contribution in [3.05, 3.63) is 57.1 Å². The van der Waals surface area contributed by atoms with Crippen molar-refractivity contribution >= 4 is 69.2 Å². The number of nitrogens with zero attached hydrogens (tertiary/aromatic N) is 2. The zero-order valence-corrected chi connectivity index (χ0v) is 22.3. The van der Waals surface area contributed by atoms with Crippen molar-refractivity contribution in [1.82, 2.24) is 9.80 Å². The van der Waals surface area contributed by atoms with Crippen LogP contribution in [0, 0.1) is 0 Å². The van der Waals surface area contributed by atoms with Crippen LogP contribution in [0.2, 0.25) is 0 Å². The molecule has 0 bridgehead atoms. The molecule has 1 aliphatic heterocycles. The second kappa shape index (κ2) is 13.5. The highest BCUT2D eigenvalue weighted by molar-refractivity contribution is 8.26. The number of thioether (sulfide) groups is 1. The molecule has 0 radical (unpaired) electrons. The molecule has 0 saturated carbocycles. The number of esters is 1. The molecule has 0 spiro atoms. The zero-order valence-electron chi connectivity index (χ0n) is 19.8. The number of hydrogen-bond donors (Lipinski definition) is 1. The Morgan fingerprint density at radius 2 is 1.91 bits per heavy atom. The molecule has 7 nitrogen and oxygen atoms in total. The van der Waals surface area contributed by atoms with E-state index in [1.54, 1.807) is 40.5 Å². The molecule has 1 aromatic heterocycles. The van der Waals surface area contributed by atoms with Crippen LogP contribution in [0.15, 0.2) is 46.7 Å². The first-order valence-electron chi connectivity index (χ1n) is 11.5. The number of thiocarbonyl (C=S) groups is 1. The number of thiophene rings is 1. The molecule has 2 amide bonds. The van der Waals surface area contributed by atoms with Crippen LogP contribution in [0.25, 0.3) is 6.08 Å². The summed E-state index contributed by atoms with van der Waals surface area (Å²) in [5.74, 6) is -0.667. The number of benzene rings is 1. The molecule has 0 atom stereocenters. The smallest absolute Gasteiger partial charge is 0.338 e. The van der Waals surface area contributed by atoms with Gasteiger partial charge in [-0.15, -0.1) is 11.3 Å². The van der Waals surface area contributed by atoms with E-state index >= 15 is 0 Å². The largest absolute Gasteiger partial charge is 0.461 e. The maximum atomic E-state index is 12.6. The van der Waals surface area contributed by atoms with E-state index in [4.69, 9.17) is 17.0 Å². The molecule has 1 fully saturated rings. The van der Waals surface area contributed by atoms with Crippen LogP contribution < -0.4 is 5.32 Å². The van der Waals surface area contributed by atoms with Crippen molar-refractivity contribution in [2.24, 2.45) is 0 Å². The number of nitrogens with one attached hydrogen (secondary N) is 1. The minimum Gasteiger partial charge on any atom is -0.461 e. The Kier molecular flexibility index (Phi) is 10.5. The molecule has 35 heavy (non-hydrogen) atoms. The molecule has 1 saturated heterocycles. The van der Waals surface area contributed by atoms with Gasteiger partial charge in [0.2, 0.25) is 5.91 Å². The fraction of sp³-hybridized carbons (Fsp3) is 0.360. The highest BCUT2D eigenvalue weighted by Crippen LogP contribution is 2.33. The molecule has 2 aromatic rings. The number of ether oxygens (including phenoxy) is 1. The third-order valence-electron chi connectivity index (χ3n) is 5.42.